The van der Waals surface area contributed by atoms with Gasteiger partial charge in [0.1, 0.15) is 5.75 Å². The molecule has 0 amide bonds. The van der Waals surface area contributed by atoms with Gasteiger partial charge < -0.3 is 10.2 Å². The van der Waals surface area contributed by atoms with Crippen molar-refractivity contribution in [3.8, 4) is 5.75 Å². The van der Waals surface area contributed by atoms with Crippen molar-refractivity contribution in [3.05, 3.63) is 29.3 Å². The van der Waals surface area contributed by atoms with Crippen LogP contribution < -0.4 is 0 Å². The largest absolute Gasteiger partial charge is 0.508 e. The Hall–Kier alpha value is -1.51. The molecule has 0 radical (unpaired) electrons. The van der Waals surface area contributed by atoms with Crippen molar-refractivity contribution in [2.45, 2.75) is 25.2 Å². The third kappa shape index (κ3) is 1.87. The van der Waals surface area contributed by atoms with Crippen LogP contribution in [0, 0.1) is 0 Å². The molecule has 0 unspecified atom stereocenters. The summed E-state index contributed by atoms with van der Waals surface area (Å²) in [7, 11) is 0. The molecule has 1 aliphatic rings. The molecule has 2 rings (SSSR count). The van der Waals surface area contributed by atoms with Gasteiger partial charge in [0.05, 0.1) is 6.42 Å². The number of phenols is 1. The highest BCUT2D eigenvalue weighted by molar-refractivity contribution is 5.71. The lowest BCUT2D eigenvalue weighted by atomic mass is 10.0. The first-order valence-corrected chi connectivity index (χ1v) is 4.70. The molecular formula is C11H12O3. The second-order valence-electron chi connectivity index (χ2n) is 3.73. The molecule has 3 nitrogen and oxygen atoms in total. The lowest BCUT2D eigenvalue weighted by molar-refractivity contribution is -0.136. The second kappa shape index (κ2) is 3.33. The van der Waals surface area contributed by atoms with E-state index in [0.717, 1.165) is 24.0 Å². The zero-order chi connectivity index (χ0) is 10.1. The molecule has 0 aromatic heterocycles. The minimum absolute atomic E-state index is 0.0477. The third-order valence-electron chi connectivity index (χ3n) is 2.49. The molecule has 1 aromatic carbocycles. The monoisotopic (exact) mass is 192 g/mol. The van der Waals surface area contributed by atoms with E-state index in [9.17, 15) is 9.90 Å². The van der Waals surface area contributed by atoms with Crippen molar-refractivity contribution < 1.29 is 15.0 Å². The first kappa shape index (κ1) is 9.06. The average molecular weight is 192 g/mol. The van der Waals surface area contributed by atoms with Crippen LogP contribution in [0.25, 0.3) is 0 Å². The van der Waals surface area contributed by atoms with E-state index >= 15 is 0 Å². The van der Waals surface area contributed by atoms with E-state index in [4.69, 9.17) is 5.11 Å². The number of carboxylic acid groups (broad SMARTS) is 1. The van der Waals surface area contributed by atoms with Crippen LogP contribution in [0.5, 0.6) is 5.75 Å². The quantitative estimate of drug-likeness (QED) is 0.768. The van der Waals surface area contributed by atoms with Crippen LogP contribution in [0.1, 0.15) is 29.9 Å². The summed E-state index contributed by atoms with van der Waals surface area (Å²) in [5, 5.41) is 18.0. The molecule has 0 atom stereocenters. The van der Waals surface area contributed by atoms with Gasteiger partial charge in [-0.3, -0.25) is 4.79 Å². The van der Waals surface area contributed by atoms with E-state index in [1.54, 1.807) is 18.2 Å². The fraction of sp³-hybridized carbons (Fsp3) is 0.364. The van der Waals surface area contributed by atoms with E-state index in [2.05, 4.69) is 0 Å². The van der Waals surface area contributed by atoms with Gasteiger partial charge >= 0.3 is 5.97 Å². The molecule has 14 heavy (non-hydrogen) atoms. The highest BCUT2D eigenvalue weighted by Crippen LogP contribution is 2.42. The molecule has 0 heterocycles. The summed E-state index contributed by atoms with van der Waals surface area (Å²) in [4.78, 5) is 10.6. The summed E-state index contributed by atoms with van der Waals surface area (Å²) in [6, 6.07) is 4.94. The number of carboxylic acids is 1. The SMILES string of the molecule is O=C(O)Cc1ccc(O)cc1C1CC1. The predicted octanol–water partition coefficient (Wildman–Crippen LogP) is 1.90. The maximum absolute atomic E-state index is 10.6. The van der Waals surface area contributed by atoms with Crippen LogP contribution in [0.4, 0.5) is 0 Å². The number of rotatable bonds is 3. The van der Waals surface area contributed by atoms with Crippen molar-refractivity contribution >= 4 is 5.97 Å². The summed E-state index contributed by atoms with van der Waals surface area (Å²) in [5.41, 5.74) is 1.84. The standard InChI is InChI=1S/C11H12O3/c12-9-4-3-8(5-11(13)14)10(6-9)7-1-2-7/h3-4,6-7,12H,1-2,5H2,(H,13,14). The van der Waals surface area contributed by atoms with Gasteiger partial charge in [0, 0.05) is 0 Å². The highest BCUT2D eigenvalue weighted by atomic mass is 16.4. The molecule has 2 N–H and O–H groups in total. The van der Waals surface area contributed by atoms with E-state index in [1.165, 1.54) is 0 Å². The van der Waals surface area contributed by atoms with Crippen molar-refractivity contribution in [2.75, 3.05) is 0 Å². The maximum Gasteiger partial charge on any atom is 0.307 e. The number of hydrogen-bond donors (Lipinski definition) is 2. The normalized spacial score (nSPS) is 15.4. The van der Waals surface area contributed by atoms with Gasteiger partial charge in [-0.15, -0.1) is 0 Å². The Labute approximate surface area is 82.0 Å². The smallest absolute Gasteiger partial charge is 0.307 e. The molecule has 0 spiro atoms. The molecule has 0 aliphatic heterocycles. The fourth-order valence-corrected chi connectivity index (χ4v) is 1.68. The number of benzene rings is 1. The molecular weight excluding hydrogens is 180 g/mol. The van der Waals surface area contributed by atoms with Crippen molar-refractivity contribution in [3.63, 3.8) is 0 Å². The van der Waals surface area contributed by atoms with Gasteiger partial charge in [0.2, 0.25) is 0 Å². The van der Waals surface area contributed by atoms with E-state index < -0.39 is 5.97 Å². The lowest BCUT2D eigenvalue weighted by Crippen LogP contribution is -2.02. The minimum Gasteiger partial charge on any atom is -0.508 e. The van der Waals surface area contributed by atoms with Crippen LogP contribution in [0.2, 0.25) is 0 Å². The number of phenolic OH excluding ortho intramolecular Hbond substituents is 1. The predicted molar refractivity (Wildman–Crippen MR) is 51.4 cm³/mol. The van der Waals surface area contributed by atoms with Crippen LogP contribution in [-0.4, -0.2) is 16.2 Å². The van der Waals surface area contributed by atoms with E-state index in [0.29, 0.717) is 5.92 Å². The molecule has 0 saturated heterocycles. The Morgan fingerprint density at radius 2 is 2.14 bits per heavy atom. The van der Waals surface area contributed by atoms with Crippen molar-refractivity contribution in [1.29, 1.82) is 0 Å². The van der Waals surface area contributed by atoms with Gasteiger partial charge in [0.15, 0.2) is 0 Å². The Morgan fingerprint density at radius 1 is 1.43 bits per heavy atom. The summed E-state index contributed by atoms with van der Waals surface area (Å²) < 4.78 is 0. The number of aliphatic carboxylic acids is 1. The van der Waals surface area contributed by atoms with Gasteiger partial charge in [-0.1, -0.05) is 6.07 Å². The van der Waals surface area contributed by atoms with Crippen LogP contribution in [0.3, 0.4) is 0 Å². The molecule has 0 bridgehead atoms. The van der Waals surface area contributed by atoms with Crippen LogP contribution >= 0.6 is 0 Å². The number of aromatic hydroxyl groups is 1. The Balaban J connectivity index is 2.32. The van der Waals surface area contributed by atoms with Gasteiger partial charge in [-0.25, -0.2) is 0 Å². The summed E-state index contributed by atoms with van der Waals surface area (Å²) in [6.07, 6.45) is 2.26. The van der Waals surface area contributed by atoms with Gasteiger partial charge in [-0.05, 0) is 42.0 Å². The van der Waals surface area contributed by atoms with Crippen LogP contribution in [0.15, 0.2) is 18.2 Å². The lowest BCUT2D eigenvalue weighted by Gasteiger charge is -2.06. The van der Waals surface area contributed by atoms with Crippen LogP contribution in [-0.2, 0) is 11.2 Å². The first-order chi connectivity index (χ1) is 6.66. The van der Waals surface area contributed by atoms with Crippen molar-refractivity contribution in [2.24, 2.45) is 0 Å². The Morgan fingerprint density at radius 3 is 2.71 bits per heavy atom. The highest BCUT2D eigenvalue weighted by Gasteiger charge is 2.26. The van der Waals surface area contributed by atoms with Gasteiger partial charge in [0.25, 0.3) is 0 Å². The van der Waals surface area contributed by atoms with E-state index in [1.807, 2.05) is 0 Å². The Kier molecular flexibility index (Phi) is 2.15. The molecule has 1 fully saturated rings. The Bertz CT molecular complexity index is 367. The zero-order valence-corrected chi connectivity index (χ0v) is 7.73. The topological polar surface area (TPSA) is 57.5 Å². The summed E-state index contributed by atoms with van der Waals surface area (Å²) in [5.74, 6) is -0.130. The zero-order valence-electron chi connectivity index (χ0n) is 7.73. The molecule has 1 saturated carbocycles. The molecule has 1 aliphatic carbocycles. The summed E-state index contributed by atoms with van der Waals surface area (Å²) >= 11 is 0. The fourth-order valence-electron chi connectivity index (χ4n) is 1.68. The number of hydrogen-bond acceptors (Lipinski definition) is 2. The summed E-state index contributed by atoms with van der Waals surface area (Å²) in [6.45, 7) is 0. The van der Waals surface area contributed by atoms with Gasteiger partial charge in [-0.2, -0.15) is 0 Å². The number of carbonyl (C=O) groups is 1. The molecule has 74 valence electrons. The third-order valence-corrected chi connectivity index (χ3v) is 2.49. The molecule has 3 heteroatoms. The van der Waals surface area contributed by atoms with E-state index in [-0.39, 0.29) is 12.2 Å². The molecule has 1 aromatic rings. The minimum atomic E-state index is -0.822. The maximum atomic E-state index is 10.6. The average Bonchev–Trinajstić information content (AvgIpc) is 2.90. The second-order valence-corrected chi connectivity index (χ2v) is 3.73. The van der Waals surface area contributed by atoms with Crippen molar-refractivity contribution in [1.82, 2.24) is 0 Å². The first-order valence-electron chi connectivity index (χ1n) is 4.70.